The standard InChI is InChI=1S/C16H22N2O2S2/c1-12-9-10-21-16(12)13(2)17-11-14-5-7-15(8-6-14)18(3)22(4,19)20/h5-10,13,17H,11H2,1-4H3/t13-/m1/s1. The summed E-state index contributed by atoms with van der Waals surface area (Å²) in [5.74, 6) is 0. The van der Waals surface area contributed by atoms with E-state index in [0.29, 0.717) is 11.7 Å². The highest BCUT2D eigenvalue weighted by molar-refractivity contribution is 7.92. The highest BCUT2D eigenvalue weighted by Gasteiger charge is 2.12. The lowest BCUT2D eigenvalue weighted by atomic mass is 10.1. The van der Waals surface area contributed by atoms with Gasteiger partial charge in [-0.15, -0.1) is 11.3 Å². The van der Waals surface area contributed by atoms with Gasteiger partial charge in [0.2, 0.25) is 10.0 Å². The van der Waals surface area contributed by atoms with Crippen LogP contribution in [-0.2, 0) is 16.6 Å². The molecule has 1 aromatic heterocycles. The molecule has 0 aliphatic rings. The monoisotopic (exact) mass is 338 g/mol. The van der Waals surface area contributed by atoms with Crippen molar-refractivity contribution in [1.82, 2.24) is 5.32 Å². The Labute approximate surface area is 136 Å². The number of sulfonamides is 1. The first-order valence-corrected chi connectivity index (χ1v) is 9.82. The second-order valence-electron chi connectivity index (χ2n) is 5.47. The minimum absolute atomic E-state index is 0.304. The first-order chi connectivity index (χ1) is 10.3. The molecule has 0 spiro atoms. The van der Waals surface area contributed by atoms with Crippen LogP contribution in [0.4, 0.5) is 5.69 Å². The van der Waals surface area contributed by atoms with Gasteiger partial charge in [0.25, 0.3) is 0 Å². The van der Waals surface area contributed by atoms with E-state index >= 15 is 0 Å². The molecule has 1 N–H and O–H groups in total. The van der Waals surface area contributed by atoms with E-state index < -0.39 is 10.0 Å². The molecule has 0 bridgehead atoms. The van der Waals surface area contributed by atoms with Gasteiger partial charge in [0.15, 0.2) is 0 Å². The summed E-state index contributed by atoms with van der Waals surface area (Å²) in [6.07, 6.45) is 1.20. The molecule has 0 aliphatic carbocycles. The van der Waals surface area contributed by atoms with Gasteiger partial charge in [0.05, 0.1) is 11.9 Å². The molecule has 2 rings (SSSR count). The van der Waals surface area contributed by atoms with E-state index in [2.05, 4.69) is 30.6 Å². The van der Waals surface area contributed by atoms with Crippen LogP contribution in [-0.4, -0.2) is 21.7 Å². The SMILES string of the molecule is Cc1ccsc1[C@@H](C)NCc1ccc(N(C)S(C)(=O)=O)cc1. The Morgan fingerprint density at radius 2 is 1.86 bits per heavy atom. The number of rotatable bonds is 6. The van der Waals surface area contributed by atoms with Crippen LogP contribution in [0.3, 0.4) is 0 Å². The van der Waals surface area contributed by atoms with Gasteiger partial charge < -0.3 is 5.32 Å². The van der Waals surface area contributed by atoms with Crippen molar-refractivity contribution in [1.29, 1.82) is 0 Å². The van der Waals surface area contributed by atoms with Gasteiger partial charge in [0, 0.05) is 24.5 Å². The summed E-state index contributed by atoms with van der Waals surface area (Å²) >= 11 is 1.77. The van der Waals surface area contributed by atoms with Gasteiger partial charge in [-0.3, -0.25) is 4.31 Å². The van der Waals surface area contributed by atoms with Crippen LogP contribution >= 0.6 is 11.3 Å². The minimum atomic E-state index is -3.21. The van der Waals surface area contributed by atoms with Gasteiger partial charge in [-0.1, -0.05) is 12.1 Å². The van der Waals surface area contributed by atoms with Gasteiger partial charge in [-0.05, 0) is 48.6 Å². The molecule has 0 radical (unpaired) electrons. The first kappa shape index (κ1) is 17.0. The van der Waals surface area contributed by atoms with Crippen molar-refractivity contribution in [3.05, 3.63) is 51.7 Å². The highest BCUT2D eigenvalue weighted by Crippen LogP contribution is 2.24. The molecule has 0 unspecified atom stereocenters. The largest absolute Gasteiger partial charge is 0.305 e. The lowest BCUT2D eigenvalue weighted by Gasteiger charge is -2.17. The van der Waals surface area contributed by atoms with Gasteiger partial charge >= 0.3 is 0 Å². The van der Waals surface area contributed by atoms with Crippen molar-refractivity contribution in [3.63, 3.8) is 0 Å². The van der Waals surface area contributed by atoms with E-state index in [1.54, 1.807) is 18.4 Å². The number of anilines is 1. The van der Waals surface area contributed by atoms with Crippen LogP contribution < -0.4 is 9.62 Å². The number of nitrogens with zero attached hydrogens (tertiary/aromatic N) is 1. The smallest absolute Gasteiger partial charge is 0.231 e. The van der Waals surface area contributed by atoms with Crippen molar-refractivity contribution in [2.75, 3.05) is 17.6 Å². The third kappa shape index (κ3) is 4.09. The lowest BCUT2D eigenvalue weighted by Crippen LogP contribution is -2.24. The number of hydrogen-bond donors (Lipinski definition) is 1. The van der Waals surface area contributed by atoms with Gasteiger partial charge in [-0.2, -0.15) is 0 Å². The highest BCUT2D eigenvalue weighted by atomic mass is 32.2. The summed E-state index contributed by atoms with van der Waals surface area (Å²) in [6, 6.07) is 10.0. The summed E-state index contributed by atoms with van der Waals surface area (Å²) in [6.45, 7) is 5.03. The summed E-state index contributed by atoms with van der Waals surface area (Å²) in [4.78, 5) is 1.36. The molecule has 1 heterocycles. The molecule has 0 aliphatic heterocycles. The second-order valence-corrected chi connectivity index (χ2v) is 8.43. The van der Waals surface area contributed by atoms with E-state index in [4.69, 9.17) is 0 Å². The first-order valence-electron chi connectivity index (χ1n) is 7.09. The normalized spacial score (nSPS) is 13.1. The molecule has 120 valence electrons. The zero-order chi connectivity index (χ0) is 16.3. The van der Waals surface area contributed by atoms with Crippen LogP contribution in [0.5, 0.6) is 0 Å². The van der Waals surface area contributed by atoms with Gasteiger partial charge in [-0.25, -0.2) is 8.42 Å². The van der Waals surface area contributed by atoms with Crippen LogP contribution in [0.25, 0.3) is 0 Å². The maximum Gasteiger partial charge on any atom is 0.231 e. The number of benzene rings is 1. The van der Waals surface area contributed by atoms with Crippen LogP contribution in [0.1, 0.15) is 29.0 Å². The summed E-state index contributed by atoms with van der Waals surface area (Å²) in [5.41, 5.74) is 3.12. The molecule has 0 fully saturated rings. The zero-order valence-electron chi connectivity index (χ0n) is 13.3. The molecule has 1 atom stereocenters. The van der Waals surface area contributed by atoms with Gasteiger partial charge in [0.1, 0.15) is 0 Å². The molecular weight excluding hydrogens is 316 g/mol. The number of hydrogen-bond acceptors (Lipinski definition) is 4. The maximum atomic E-state index is 11.5. The van der Waals surface area contributed by atoms with Crippen LogP contribution in [0, 0.1) is 6.92 Å². The molecular formula is C16H22N2O2S2. The average molecular weight is 338 g/mol. The summed E-state index contributed by atoms with van der Waals surface area (Å²) in [7, 11) is -1.65. The number of nitrogens with one attached hydrogen (secondary N) is 1. The van der Waals surface area contributed by atoms with Crippen LogP contribution in [0.2, 0.25) is 0 Å². The van der Waals surface area contributed by atoms with Crippen molar-refractivity contribution >= 4 is 27.0 Å². The van der Waals surface area contributed by atoms with E-state index in [1.807, 2.05) is 24.3 Å². The van der Waals surface area contributed by atoms with E-state index in [0.717, 1.165) is 12.1 Å². The third-order valence-electron chi connectivity index (χ3n) is 3.70. The molecule has 0 saturated heterocycles. The van der Waals surface area contributed by atoms with Crippen molar-refractivity contribution in [2.45, 2.75) is 26.4 Å². The minimum Gasteiger partial charge on any atom is -0.305 e. The number of aryl methyl sites for hydroxylation is 1. The molecule has 1 aromatic carbocycles. The Morgan fingerprint density at radius 1 is 1.23 bits per heavy atom. The average Bonchev–Trinajstić information content (AvgIpc) is 2.90. The van der Waals surface area contributed by atoms with Crippen LogP contribution in [0.15, 0.2) is 35.7 Å². The molecule has 4 nitrogen and oxygen atoms in total. The molecule has 22 heavy (non-hydrogen) atoms. The molecule has 0 amide bonds. The third-order valence-corrected chi connectivity index (χ3v) is 6.11. The quantitative estimate of drug-likeness (QED) is 0.879. The maximum absolute atomic E-state index is 11.5. The molecule has 6 heteroatoms. The van der Waals surface area contributed by atoms with Crippen molar-refractivity contribution < 1.29 is 8.42 Å². The topological polar surface area (TPSA) is 49.4 Å². The Bertz CT molecular complexity index is 721. The summed E-state index contributed by atoms with van der Waals surface area (Å²) < 4.78 is 24.3. The second kappa shape index (κ2) is 6.81. The number of thiophene rings is 1. The Balaban J connectivity index is 1.99. The van der Waals surface area contributed by atoms with E-state index in [-0.39, 0.29) is 0 Å². The van der Waals surface area contributed by atoms with Crippen molar-refractivity contribution in [2.24, 2.45) is 0 Å². The Kier molecular flexibility index (Phi) is 5.26. The summed E-state index contributed by atoms with van der Waals surface area (Å²) in [5, 5.41) is 5.61. The molecule has 2 aromatic rings. The van der Waals surface area contributed by atoms with E-state index in [1.165, 1.54) is 21.0 Å². The van der Waals surface area contributed by atoms with E-state index in [9.17, 15) is 8.42 Å². The molecule has 0 saturated carbocycles. The fraction of sp³-hybridized carbons (Fsp3) is 0.375. The van der Waals surface area contributed by atoms with Crippen molar-refractivity contribution in [3.8, 4) is 0 Å². The Morgan fingerprint density at radius 3 is 2.36 bits per heavy atom. The predicted octanol–water partition coefficient (Wildman–Crippen LogP) is 3.30. The fourth-order valence-electron chi connectivity index (χ4n) is 2.21. The Hall–Kier alpha value is -1.37. The fourth-order valence-corrected chi connectivity index (χ4v) is 3.67. The lowest BCUT2D eigenvalue weighted by molar-refractivity contribution is 0.581. The zero-order valence-corrected chi connectivity index (χ0v) is 15.0. The predicted molar refractivity (Wildman–Crippen MR) is 94.0 cm³/mol.